The lowest BCUT2D eigenvalue weighted by Gasteiger charge is -2.31. The molecule has 0 aromatic carbocycles. The molecule has 1 fully saturated rings. The van der Waals surface area contributed by atoms with E-state index in [4.69, 9.17) is 0 Å². The van der Waals surface area contributed by atoms with Gasteiger partial charge in [0.05, 0.1) is 36.2 Å². The predicted octanol–water partition coefficient (Wildman–Crippen LogP) is 1.38. The summed E-state index contributed by atoms with van der Waals surface area (Å²) >= 11 is 0. The van der Waals surface area contributed by atoms with E-state index < -0.39 is 0 Å². The summed E-state index contributed by atoms with van der Waals surface area (Å²) < 4.78 is 1.82. The van der Waals surface area contributed by atoms with Crippen molar-refractivity contribution in [1.29, 1.82) is 0 Å². The summed E-state index contributed by atoms with van der Waals surface area (Å²) in [6.07, 6.45) is 8.90. The molecule has 4 heterocycles. The van der Waals surface area contributed by atoms with Crippen LogP contribution in [0.3, 0.4) is 0 Å². The minimum absolute atomic E-state index is 0.698. The molecule has 0 bridgehead atoms. The molecule has 1 aliphatic heterocycles. The van der Waals surface area contributed by atoms with Gasteiger partial charge in [0.15, 0.2) is 0 Å². The standard InChI is InChI=1S/C17H19N7/c1-23(12-13-7-19-8-13)17-11-20-15(10-21-17)16-4-6-22-24(16)14-3-2-5-18-9-14/h2-6,9-11,13,19H,7-8,12H2,1H3. The second-order valence-electron chi connectivity index (χ2n) is 6.00. The molecule has 0 saturated carbocycles. The highest BCUT2D eigenvalue weighted by Crippen LogP contribution is 2.21. The van der Waals surface area contributed by atoms with Crippen LogP contribution in [0.25, 0.3) is 17.1 Å². The zero-order valence-corrected chi connectivity index (χ0v) is 13.5. The quantitative estimate of drug-likeness (QED) is 0.765. The zero-order chi connectivity index (χ0) is 16.4. The van der Waals surface area contributed by atoms with E-state index >= 15 is 0 Å². The minimum atomic E-state index is 0.698. The van der Waals surface area contributed by atoms with Gasteiger partial charge in [0.25, 0.3) is 0 Å². The van der Waals surface area contributed by atoms with E-state index in [0.717, 1.165) is 42.5 Å². The third-order valence-electron chi connectivity index (χ3n) is 4.22. The van der Waals surface area contributed by atoms with Gasteiger partial charge in [-0.1, -0.05) is 0 Å². The smallest absolute Gasteiger partial charge is 0.146 e. The SMILES string of the molecule is CN(CC1CNC1)c1cnc(-c2ccnn2-c2cccnc2)cn1. The molecule has 0 amide bonds. The molecule has 0 radical (unpaired) electrons. The zero-order valence-electron chi connectivity index (χ0n) is 13.5. The molecular weight excluding hydrogens is 302 g/mol. The fourth-order valence-electron chi connectivity index (χ4n) is 2.79. The highest BCUT2D eigenvalue weighted by atomic mass is 15.3. The number of rotatable bonds is 5. The molecule has 0 unspecified atom stereocenters. The average molecular weight is 321 g/mol. The van der Waals surface area contributed by atoms with E-state index in [1.165, 1.54) is 0 Å². The van der Waals surface area contributed by atoms with Crippen LogP contribution in [0, 0.1) is 5.92 Å². The molecule has 3 aromatic heterocycles. The molecule has 7 nitrogen and oxygen atoms in total. The van der Waals surface area contributed by atoms with Gasteiger partial charge in [0, 0.05) is 38.8 Å². The first-order chi connectivity index (χ1) is 11.8. The summed E-state index contributed by atoms with van der Waals surface area (Å²) in [4.78, 5) is 15.4. The van der Waals surface area contributed by atoms with Crippen molar-refractivity contribution in [3.63, 3.8) is 0 Å². The summed E-state index contributed by atoms with van der Waals surface area (Å²) in [7, 11) is 2.06. The van der Waals surface area contributed by atoms with Gasteiger partial charge in [-0.2, -0.15) is 5.10 Å². The maximum Gasteiger partial charge on any atom is 0.146 e. The van der Waals surface area contributed by atoms with Crippen LogP contribution in [0.4, 0.5) is 5.82 Å². The Labute approximate surface area is 140 Å². The van der Waals surface area contributed by atoms with Crippen LogP contribution < -0.4 is 10.2 Å². The van der Waals surface area contributed by atoms with Crippen LogP contribution in [0.1, 0.15) is 0 Å². The number of nitrogens with zero attached hydrogens (tertiary/aromatic N) is 6. The first-order valence-electron chi connectivity index (χ1n) is 8.00. The maximum absolute atomic E-state index is 4.58. The van der Waals surface area contributed by atoms with Gasteiger partial charge < -0.3 is 10.2 Å². The molecule has 4 rings (SSSR count). The second kappa shape index (κ2) is 6.37. The number of hydrogen-bond donors (Lipinski definition) is 1. The van der Waals surface area contributed by atoms with Crippen molar-refractivity contribution in [3.05, 3.63) is 49.2 Å². The van der Waals surface area contributed by atoms with Gasteiger partial charge in [0.2, 0.25) is 0 Å². The predicted molar refractivity (Wildman–Crippen MR) is 92.0 cm³/mol. The Morgan fingerprint density at radius 1 is 1.17 bits per heavy atom. The molecule has 0 atom stereocenters. The van der Waals surface area contributed by atoms with Crippen LogP contribution in [-0.2, 0) is 0 Å². The Hall–Kier alpha value is -2.80. The van der Waals surface area contributed by atoms with Gasteiger partial charge in [-0.05, 0) is 18.2 Å². The molecule has 3 aromatic rings. The molecular formula is C17H19N7. The van der Waals surface area contributed by atoms with E-state index in [9.17, 15) is 0 Å². The topological polar surface area (TPSA) is 71.8 Å². The number of nitrogens with one attached hydrogen (secondary N) is 1. The van der Waals surface area contributed by atoms with E-state index in [0.29, 0.717) is 5.92 Å². The average Bonchev–Trinajstić information content (AvgIpc) is 3.08. The normalized spacial score (nSPS) is 14.4. The number of pyridine rings is 1. The van der Waals surface area contributed by atoms with E-state index in [1.54, 1.807) is 24.8 Å². The molecule has 1 aliphatic rings. The van der Waals surface area contributed by atoms with Crippen LogP contribution in [0.2, 0.25) is 0 Å². The lowest BCUT2D eigenvalue weighted by Crippen LogP contribution is -2.47. The third-order valence-corrected chi connectivity index (χ3v) is 4.22. The van der Waals surface area contributed by atoms with Crippen molar-refractivity contribution in [2.75, 3.05) is 31.6 Å². The van der Waals surface area contributed by atoms with Gasteiger partial charge in [-0.15, -0.1) is 0 Å². The first-order valence-corrected chi connectivity index (χ1v) is 8.00. The van der Waals surface area contributed by atoms with E-state index in [-0.39, 0.29) is 0 Å². The molecule has 24 heavy (non-hydrogen) atoms. The van der Waals surface area contributed by atoms with Crippen molar-refractivity contribution in [2.45, 2.75) is 0 Å². The van der Waals surface area contributed by atoms with Gasteiger partial charge >= 0.3 is 0 Å². The summed E-state index contributed by atoms with van der Waals surface area (Å²) in [5.41, 5.74) is 2.59. The Kier molecular flexibility index (Phi) is 3.92. The van der Waals surface area contributed by atoms with E-state index in [1.807, 2.05) is 29.1 Å². The Bertz CT molecular complexity index is 793. The summed E-state index contributed by atoms with van der Waals surface area (Å²) in [6.45, 7) is 3.16. The molecule has 0 spiro atoms. The highest BCUT2D eigenvalue weighted by molar-refractivity contribution is 5.57. The van der Waals surface area contributed by atoms with Crippen molar-refractivity contribution < 1.29 is 0 Å². The molecule has 0 aliphatic carbocycles. The molecule has 1 N–H and O–H groups in total. The Morgan fingerprint density at radius 3 is 2.75 bits per heavy atom. The third kappa shape index (κ3) is 2.85. The lowest BCUT2D eigenvalue weighted by molar-refractivity contribution is 0.352. The molecule has 7 heteroatoms. The van der Waals surface area contributed by atoms with Crippen molar-refractivity contribution >= 4 is 5.82 Å². The van der Waals surface area contributed by atoms with Gasteiger partial charge in [0.1, 0.15) is 11.5 Å². The second-order valence-corrected chi connectivity index (χ2v) is 6.00. The van der Waals surface area contributed by atoms with Gasteiger partial charge in [-0.25, -0.2) is 14.6 Å². The van der Waals surface area contributed by atoms with Crippen molar-refractivity contribution in [3.8, 4) is 17.1 Å². The van der Waals surface area contributed by atoms with Gasteiger partial charge in [-0.3, -0.25) is 4.98 Å². The summed E-state index contributed by atoms with van der Waals surface area (Å²) in [5.74, 6) is 1.58. The minimum Gasteiger partial charge on any atom is -0.358 e. The summed E-state index contributed by atoms with van der Waals surface area (Å²) in [6, 6.07) is 5.78. The van der Waals surface area contributed by atoms with Crippen LogP contribution in [0.15, 0.2) is 49.2 Å². The highest BCUT2D eigenvalue weighted by Gasteiger charge is 2.19. The fourth-order valence-corrected chi connectivity index (χ4v) is 2.79. The molecule has 1 saturated heterocycles. The number of anilines is 1. The Balaban J connectivity index is 1.56. The lowest BCUT2D eigenvalue weighted by atomic mass is 10.0. The fraction of sp³-hybridized carbons (Fsp3) is 0.294. The van der Waals surface area contributed by atoms with Crippen molar-refractivity contribution in [1.82, 2.24) is 30.0 Å². The largest absolute Gasteiger partial charge is 0.358 e. The monoisotopic (exact) mass is 321 g/mol. The number of aromatic nitrogens is 5. The first kappa shape index (κ1) is 14.8. The van der Waals surface area contributed by atoms with Crippen LogP contribution >= 0.6 is 0 Å². The maximum atomic E-state index is 4.58. The molecule has 122 valence electrons. The van der Waals surface area contributed by atoms with Crippen molar-refractivity contribution in [2.24, 2.45) is 5.92 Å². The number of hydrogen-bond acceptors (Lipinski definition) is 6. The Morgan fingerprint density at radius 2 is 2.08 bits per heavy atom. The summed E-state index contributed by atoms with van der Waals surface area (Å²) in [5, 5.41) is 7.66. The van der Waals surface area contributed by atoms with E-state index in [2.05, 4.69) is 37.3 Å². The van der Waals surface area contributed by atoms with Crippen LogP contribution in [-0.4, -0.2) is 51.4 Å². The van der Waals surface area contributed by atoms with Crippen LogP contribution in [0.5, 0.6) is 0 Å².